The van der Waals surface area contributed by atoms with Crippen molar-refractivity contribution < 1.29 is 9.84 Å². The van der Waals surface area contributed by atoms with Gasteiger partial charge in [0.05, 0.1) is 19.3 Å². The summed E-state index contributed by atoms with van der Waals surface area (Å²) in [5, 5.41) is 14.3. The highest BCUT2D eigenvalue weighted by Crippen LogP contribution is 2.15. The summed E-state index contributed by atoms with van der Waals surface area (Å²) in [7, 11) is 0. The fraction of sp³-hybridized carbons (Fsp3) is 0.562. The molecule has 1 atom stereocenters. The molecule has 0 saturated carbocycles. The normalized spacial score (nSPS) is 17.0. The number of ether oxygens (including phenoxy) is 1. The van der Waals surface area contributed by atoms with Crippen LogP contribution in [0.15, 0.2) is 30.7 Å². The molecule has 24 heavy (non-hydrogen) atoms. The third-order valence-corrected chi connectivity index (χ3v) is 3.99. The van der Waals surface area contributed by atoms with Crippen LogP contribution in [0.1, 0.15) is 6.92 Å². The Balaban J connectivity index is 1.47. The molecule has 130 valence electrons. The minimum absolute atomic E-state index is 0.422. The first-order chi connectivity index (χ1) is 11.7. The molecule has 2 aromatic rings. The van der Waals surface area contributed by atoms with Gasteiger partial charge < -0.3 is 14.7 Å². The van der Waals surface area contributed by atoms with E-state index in [0.29, 0.717) is 31.5 Å². The lowest BCUT2D eigenvalue weighted by atomic mass is 10.2. The fourth-order valence-electron chi connectivity index (χ4n) is 2.82. The van der Waals surface area contributed by atoms with E-state index in [0.717, 1.165) is 26.2 Å². The van der Waals surface area contributed by atoms with Crippen molar-refractivity contribution in [2.45, 2.75) is 19.6 Å². The van der Waals surface area contributed by atoms with Crippen LogP contribution in [0.3, 0.4) is 0 Å². The molecule has 0 aromatic carbocycles. The van der Waals surface area contributed by atoms with Gasteiger partial charge in [0.2, 0.25) is 11.8 Å². The Hall–Kier alpha value is -2.19. The third kappa shape index (κ3) is 4.42. The molecule has 0 spiro atoms. The molecule has 0 amide bonds. The quantitative estimate of drug-likeness (QED) is 0.779. The lowest BCUT2D eigenvalue weighted by Gasteiger charge is -2.35. The predicted molar refractivity (Wildman–Crippen MR) is 90.1 cm³/mol. The summed E-state index contributed by atoms with van der Waals surface area (Å²) < 4.78 is 7.19. The number of hydrogen-bond donors (Lipinski definition) is 1. The zero-order valence-corrected chi connectivity index (χ0v) is 14.0. The minimum Gasteiger partial charge on any atom is -0.478 e. The van der Waals surface area contributed by atoms with Crippen molar-refractivity contribution in [1.82, 2.24) is 24.6 Å². The van der Waals surface area contributed by atoms with Gasteiger partial charge >= 0.3 is 0 Å². The van der Waals surface area contributed by atoms with Gasteiger partial charge in [0, 0.05) is 57.4 Å². The summed E-state index contributed by atoms with van der Waals surface area (Å²) in [6.45, 7) is 7.12. The lowest BCUT2D eigenvalue weighted by Crippen LogP contribution is -2.49. The Labute approximate surface area is 141 Å². The summed E-state index contributed by atoms with van der Waals surface area (Å²) in [5.74, 6) is 1.32. The molecule has 2 aromatic heterocycles. The number of rotatable bonds is 7. The Kier molecular flexibility index (Phi) is 5.60. The summed E-state index contributed by atoms with van der Waals surface area (Å²) in [6, 6.07) is 3.64. The van der Waals surface area contributed by atoms with E-state index in [9.17, 15) is 5.11 Å². The summed E-state index contributed by atoms with van der Waals surface area (Å²) >= 11 is 0. The van der Waals surface area contributed by atoms with Crippen molar-refractivity contribution in [3.05, 3.63) is 30.7 Å². The second kappa shape index (κ2) is 8.07. The second-order valence-electron chi connectivity index (χ2n) is 5.80. The SMILES string of the molecule is CCOc1ccnc(N2CCN(C[C@@H](O)Cn3cccn3)CC2)n1. The molecular weight excluding hydrogens is 308 g/mol. The number of aliphatic hydroxyl groups excluding tert-OH is 1. The number of piperazine rings is 1. The van der Waals surface area contributed by atoms with Crippen LogP contribution >= 0.6 is 0 Å². The van der Waals surface area contributed by atoms with Crippen molar-refractivity contribution in [1.29, 1.82) is 0 Å². The van der Waals surface area contributed by atoms with Gasteiger partial charge in [-0.25, -0.2) is 4.98 Å². The number of hydrogen-bond acceptors (Lipinski definition) is 7. The molecule has 1 aliphatic rings. The van der Waals surface area contributed by atoms with Gasteiger partial charge in [0.1, 0.15) is 0 Å². The van der Waals surface area contributed by atoms with E-state index in [1.54, 1.807) is 23.1 Å². The first-order valence-electron chi connectivity index (χ1n) is 8.33. The molecule has 1 aliphatic heterocycles. The molecule has 0 aliphatic carbocycles. The van der Waals surface area contributed by atoms with E-state index < -0.39 is 6.10 Å². The fourth-order valence-corrected chi connectivity index (χ4v) is 2.82. The molecule has 0 bridgehead atoms. The largest absolute Gasteiger partial charge is 0.478 e. The van der Waals surface area contributed by atoms with Crippen LogP contribution in [-0.2, 0) is 6.54 Å². The van der Waals surface area contributed by atoms with E-state index >= 15 is 0 Å². The van der Waals surface area contributed by atoms with E-state index in [4.69, 9.17) is 4.74 Å². The molecule has 0 unspecified atom stereocenters. The molecule has 1 N–H and O–H groups in total. The number of aliphatic hydroxyl groups is 1. The van der Waals surface area contributed by atoms with Crippen LogP contribution in [0.5, 0.6) is 5.88 Å². The van der Waals surface area contributed by atoms with E-state index in [2.05, 4.69) is 24.9 Å². The van der Waals surface area contributed by atoms with Gasteiger partial charge in [0.25, 0.3) is 0 Å². The van der Waals surface area contributed by atoms with Gasteiger partial charge in [-0.3, -0.25) is 9.58 Å². The van der Waals surface area contributed by atoms with Crippen LogP contribution in [0, 0.1) is 0 Å². The van der Waals surface area contributed by atoms with Crippen LogP contribution < -0.4 is 9.64 Å². The second-order valence-corrected chi connectivity index (χ2v) is 5.80. The van der Waals surface area contributed by atoms with Gasteiger partial charge in [-0.2, -0.15) is 10.1 Å². The van der Waals surface area contributed by atoms with Gasteiger partial charge in [0.15, 0.2) is 0 Å². The average Bonchev–Trinajstić information content (AvgIpc) is 3.09. The maximum atomic E-state index is 10.2. The standard InChI is InChI=1S/C16H24N6O2/c1-2-24-15-4-6-17-16(19-15)21-10-8-20(9-11-21)12-14(23)13-22-7-3-5-18-22/h3-7,14,23H,2,8-13H2,1H3/t14-/m1/s1. The maximum Gasteiger partial charge on any atom is 0.228 e. The Morgan fingerprint density at radius 2 is 2.04 bits per heavy atom. The highest BCUT2D eigenvalue weighted by Gasteiger charge is 2.21. The monoisotopic (exact) mass is 332 g/mol. The summed E-state index contributed by atoms with van der Waals surface area (Å²) in [4.78, 5) is 13.2. The van der Waals surface area contributed by atoms with Crippen molar-refractivity contribution in [3.63, 3.8) is 0 Å². The maximum absolute atomic E-state index is 10.2. The van der Waals surface area contributed by atoms with Crippen molar-refractivity contribution >= 4 is 5.95 Å². The highest BCUT2D eigenvalue weighted by atomic mass is 16.5. The number of β-amino-alcohol motifs (C(OH)–C–C–N with tert-alkyl or cyclic N) is 1. The predicted octanol–water partition coefficient (Wildman–Crippen LogP) is 0.255. The topological polar surface area (TPSA) is 79.5 Å². The first-order valence-corrected chi connectivity index (χ1v) is 8.33. The zero-order chi connectivity index (χ0) is 16.8. The van der Waals surface area contributed by atoms with E-state index in [1.807, 2.05) is 19.2 Å². The molecule has 3 heterocycles. The minimum atomic E-state index is -0.422. The molecule has 3 rings (SSSR count). The Bertz CT molecular complexity index is 613. The summed E-state index contributed by atoms with van der Waals surface area (Å²) in [6.07, 6.45) is 4.90. The highest BCUT2D eigenvalue weighted by molar-refractivity contribution is 5.32. The Morgan fingerprint density at radius 1 is 1.21 bits per heavy atom. The van der Waals surface area contributed by atoms with Crippen LogP contribution in [-0.4, -0.2) is 75.2 Å². The van der Waals surface area contributed by atoms with Gasteiger partial charge in [-0.1, -0.05) is 0 Å². The molecule has 8 heteroatoms. The van der Waals surface area contributed by atoms with Crippen LogP contribution in [0.2, 0.25) is 0 Å². The average molecular weight is 332 g/mol. The lowest BCUT2D eigenvalue weighted by molar-refractivity contribution is 0.0919. The molecule has 8 nitrogen and oxygen atoms in total. The van der Waals surface area contributed by atoms with Crippen LogP contribution in [0.4, 0.5) is 5.95 Å². The molecule has 0 radical (unpaired) electrons. The van der Waals surface area contributed by atoms with E-state index in [1.165, 1.54) is 0 Å². The van der Waals surface area contributed by atoms with E-state index in [-0.39, 0.29) is 0 Å². The number of anilines is 1. The van der Waals surface area contributed by atoms with Gasteiger partial charge in [-0.05, 0) is 13.0 Å². The smallest absolute Gasteiger partial charge is 0.228 e. The molecular formula is C16H24N6O2. The van der Waals surface area contributed by atoms with Gasteiger partial charge in [-0.15, -0.1) is 0 Å². The zero-order valence-electron chi connectivity index (χ0n) is 14.0. The summed E-state index contributed by atoms with van der Waals surface area (Å²) in [5.41, 5.74) is 0. The third-order valence-electron chi connectivity index (χ3n) is 3.99. The Morgan fingerprint density at radius 3 is 2.75 bits per heavy atom. The number of aromatic nitrogens is 4. The van der Waals surface area contributed by atoms with Crippen molar-refractivity contribution in [2.75, 3.05) is 44.2 Å². The number of nitrogens with zero attached hydrogens (tertiary/aromatic N) is 6. The molecule has 1 saturated heterocycles. The van der Waals surface area contributed by atoms with Crippen molar-refractivity contribution in [2.24, 2.45) is 0 Å². The molecule has 1 fully saturated rings. The van der Waals surface area contributed by atoms with Crippen LogP contribution in [0.25, 0.3) is 0 Å². The van der Waals surface area contributed by atoms with Crippen molar-refractivity contribution in [3.8, 4) is 5.88 Å². The first kappa shape index (κ1) is 16.7.